The number of guanidine groups is 1. The molecule has 6 heteroatoms. The lowest BCUT2D eigenvalue weighted by molar-refractivity contribution is 0.0777. The highest BCUT2D eigenvalue weighted by Crippen LogP contribution is 2.28. The molecule has 3 rings (SSSR count). The van der Waals surface area contributed by atoms with Gasteiger partial charge in [0.2, 0.25) is 0 Å². The van der Waals surface area contributed by atoms with Gasteiger partial charge in [-0.1, -0.05) is 19.3 Å². The van der Waals surface area contributed by atoms with Crippen molar-refractivity contribution in [1.29, 1.82) is 0 Å². The first-order valence-corrected chi connectivity index (χ1v) is 11.4. The Kier molecular flexibility index (Phi) is 7.31. The van der Waals surface area contributed by atoms with Gasteiger partial charge in [0.25, 0.3) is 0 Å². The summed E-state index contributed by atoms with van der Waals surface area (Å²) in [7, 11) is 0. The highest BCUT2D eigenvalue weighted by Gasteiger charge is 2.32. The Hall–Kier alpha value is -0.460. The van der Waals surface area contributed by atoms with Crippen LogP contribution in [0.4, 0.5) is 0 Å². The molecule has 0 bridgehead atoms. The van der Waals surface area contributed by atoms with Crippen molar-refractivity contribution in [3.63, 3.8) is 0 Å². The van der Waals surface area contributed by atoms with Crippen LogP contribution in [-0.2, 0) is 0 Å². The molecule has 2 saturated heterocycles. The fourth-order valence-electron chi connectivity index (χ4n) is 4.32. The van der Waals surface area contributed by atoms with Gasteiger partial charge in [0.1, 0.15) is 0 Å². The Morgan fingerprint density at radius 1 is 1.20 bits per heavy atom. The number of rotatable bonds is 5. The monoisotopic (exact) mass is 368 g/mol. The normalized spacial score (nSPS) is 30.6. The number of thioether (sulfide) groups is 1. The first kappa shape index (κ1) is 19.3. The predicted molar refractivity (Wildman–Crippen MR) is 107 cm³/mol. The molecule has 0 radical (unpaired) electrons. The summed E-state index contributed by atoms with van der Waals surface area (Å²) in [6.07, 6.45) is 10.3. The number of hydrogen-bond donors (Lipinski definition) is 3. The van der Waals surface area contributed by atoms with Crippen molar-refractivity contribution in [2.24, 2.45) is 4.99 Å². The number of nitrogens with one attached hydrogen (secondary N) is 2. The molecular weight excluding hydrogens is 332 g/mol. The van der Waals surface area contributed by atoms with Gasteiger partial charge in [-0.3, -0.25) is 4.99 Å². The molecule has 3 N–H and O–H groups in total. The third-order valence-electron chi connectivity index (χ3n) is 5.92. The van der Waals surface area contributed by atoms with E-state index in [0.717, 1.165) is 36.5 Å². The summed E-state index contributed by atoms with van der Waals surface area (Å²) in [5.41, 5.74) is -0.600. The summed E-state index contributed by atoms with van der Waals surface area (Å²) >= 11 is 1.83. The van der Waals surface area contributed by atoms with Crippen molar-refractivity contribution in [3.8, 4) is 0 Å². The molecule has 1 unspecified atom stereocenters. The topological polar surface area (TPSA) is 59.9 Å². The number of piperidine rings is 1. The Morgan fingerprint density at radius 2 is 1.96 bits per heavy atom. The van der Waals surface area contributed by atoms with Crippen molar-refractivity contribution in [2.75, 3.05) is 37.7 Å². The van der Waals surface area contributed by atoms with Gasteiger partial charge in [-0.05, 0) is 44.8 Å². The lowest BCUT2D eigenvalue weighted by atomic mass is 9.92. The zero-order valence-corrected chi connectivity index (χ0v) is 16.6. The summed E-state index contributed by atoms with van der Waals surface area (Å²) in [4.78, 5) is 7.41. The molecule has 1 aliphatic carbocycles. The molecule has 0 aromatic carbocycles. The van der Waals surface area contributed by atoms with E-state index < -0.39 is 5.60 Å². The fourth-order valence-corrected chi connectivity index (χ4v) is 5.60. The van der Waals surface area contributed by atoms with Crippen LogP contribution in [0.2, 0.25) is 0 Å². The molecule has 3 fully saturated rings. The van der Waals surface area contributed by atoms with Crippen LogP contribution in [0.1, 0.15) is 58.3 Å². The maximum absolute atomic E-state index is 10.5. The van der Waals surface area contributed by atoms with Crippen molar-refractivity contribution >= 4 is 17.7 Å². The third-order valence-corrected chi connectivity index (χ3v) is 7.15. The minimum Gasteiger partial charge on any atom is -0.387 e. The van der Waals surface area contributed by atoms with Crippen LogP contribution in [-0.4, -0.2) is 71.3 Å². The number of hydrogen-bond acceptors (Lipinski definition) is 4. The first-order chi connectivity index (χ1) is 12.2. The number of nitrogens with zero attached hydrogens (tertiary/aromatic N) is 2. The van der Waals surface area contributed by atoms with Gasteiger partial charge in [0, 0.05) is 37.5 Å². The molecule has 5 nitrogen and oxygen atoms in total. The van der Waals surface area contributed by atoms with Gasteiger partial charge in [-0.15, -0.1) is 0 Å². The van der Waals surface area contributed by atoms with E-state index >= 15 is 0 Å². The molecular formula is C19H36N4OS. The van der Waals surface area contributed by atoms with E-state index in [0.29, 0.717) is 12.6 Å². The van der Waals surface area contributed by atoms with Gasteiger partial charge in [-0.25, -0.2) is 0 Å². The lowest BCUT2D eigenvalue weighted by Gasteiger charge is -2.39. The highest BCUT2D eigenvalue weighted by molar-refractivity contribution is 7.99. The fraction of sp³-hybridized carbons (Fsp3) is 0.947. The molecule has 25 heavy (non-hydrogen) atoms. The van der Waals surface area contributed by atoms with Gasteiger partial charge in [0.05, 0.1) is 12.1 Å². The van der Waals surface area contributed by atoms with Crippen LogP contribution in [0.15, 0.2) is 4.99 Å². The molecule has 2 heterocycles. The second-order valence-corrected chi connectivity index (χ2v) is 9.07. The maximum Gasteiger partial charge on any atom is 0.191 e. The van der Waals surface area contributed by atoms with Crippen LogP contribution in [0, 0.1) is 0 Å². The minimum atomic E-state index is -0.600. The van der Waals surface area contributed by atoms with E-state index in [4.69, 9.17) is 0 Å². The van der Waals surface area contributed by atoms with Crippen LogP contribution >= 0.6 is 11.8 Å². The summed E-state index contributed by atoms with van der Waals surface area (Å²) < 4.78 is 0. The molecule has 2 aliphatic heterocycles. The third kappa shape index (κ3) is 5.76. The van der Waals surface area contributed by atoms with Crippen molar-refractivity contribution in [1.82, 2.24) is 15.5 Å². The van der Waals surface area contributed by atoms with E-state index in [2.05, 4.69) is 27.4 Å². The molecule has 1 atom stereocenters. The van der Waals surface area contributed by atoms with Crippen molar-refractivity contribution in [2.45, 2.75) is 76.0 Å². The van der Waals surface area contributed by atoms with Gasteiger partial charge >= 0.3 is 0 Å². The van der Waals surface area contributed by atoms with E-state index in [1.165, 1.54) is 58.0 Å². The predicted octanol–water partition coefficient (Wildman–Crippen LogP) is 2.21. The summed E-state index contributed by atoms with van der Waals surface area (Å²) in [6.45, 7) is 5.89. The van der Waals surface area contributed by atoms with Crippen molar-refractivity contribution in [3.05, 3.63) is 0 Å². The lowest BCUT2D eigenvalue weighted by Crippen LogP contribution is -2.51. The average molecular weight is 369 g/mol. The number of likely N-dealkylation sites (tertiary alicyclic amines) is 1. The SMILES string of the molecule is CCNC(=NCC1(O)CCSC1)NC1CCN(C2CCCCC2)CC1. The number of aliphatic hydroxyl groups is 1. The Balaban J connectivity index is 1.46. The highest BCUT2D eigenvalue weighted by atomic mass is 32.2. The largest absolute Gasteiger partial charge is 0.387 e. The zero-order valence-electron chi connectivity index (χ0n) is 15.8. The van der Waals surface area contributed by atoms with E-state index in [1.54, 1.807) is 0 Å². The molecule has 0 amide bonds. The summed E-state index contributed by atoms with van der Waals surface area (Å²) in [6, 6.07) is 1.34. The van der Waals surface area contributed by atoms with Gasteiger partial charge in [-0.2, -0.15) is 11.8 Å². The Labute approximate surface area is 157 Å². The average Bonchev–Trinajstić information content (AvgIpc) is 3.08. The molecule has 0 aromatic rings. The maximum atomic E-state index is 10.5. The van der Waals surface area contributed by atoms with Crippen LogP contribution < -0.4 is 10.6 Å². The standard InChI is InChI=1S/C19H36N4OS/c1-2-20-18(21-14-19(24)10-13-25-15-19)22-16-8-11-23(12-9-16)17-6-4-3-5-7-17/h16-17,24H,2-15H2,1H3,(H2,20,21,22). The van der Waals surface area contributed by atoms with Gasteiger partial charge < -0.3 is 20.6 Å². The molecule has 144 valence electrons. The minimum absolute atomic E-state index is 0.505. The first-order valence-electron chi connectivity index (χ1n) is 10.3. The van der Waals surface area contributed by atoms with Gasteiger partial charge in [0.15, 0.2) is 5.96 Å². The van der Waals surface area contributed by atoms with Crippen LogP contribution in [0.5, 0.6) is 0 Å². The van der Waals surface area contributed by atoms with E-state index in [9.17, 15) is 5.11 Å². The molecule has 1 saturated carbocycles. The van der Waals surface area contributed by atoms with Crippen LogP contribution in [0.25, 0.3) is 0 Å². The summed E-state index contributed by atoms with van der Waals surface area (Å²) in [5.74, 6) is 2.75. The van der Waals surface area contributed by atoms with E-state index in [-0.39, 0.29) is 0 Å². The Bertz CT molecular complexity index is 425. The number of aliphatic imine (C=N–C) groups is 1. The smallest absolute Gasteiger partial charge is 0.191 e. The Morgan fingerprint density at radius 3 is 2.60 bits per heavy atom. The quantitative estimate of drug-likeness (QED) is 0.513. The summed E-state index contributed by atoms with van der Waals surface area (Å²) in [5, 5.41) is 17.5. The zero-order chi connectivity index (χ0) is 17.5. The second kappa shape index (κ2) is 9.47. The molecule has 0 spiro atoms. The van der Waals surface area contributed by atoms with Crippen LogP contribution in [0.3, 0.4) is 0 Å². The molecule has 0 aromatic heterocycles. The van der Waals surface area contributed by atoms with Crippen molar-refractivity contribution < 1.29 is 5.11 Å². The van der Waals surface area contributed by atoms with E-state index in [1.807, 2.05) is 11.8 Å². The second-order valence-electron chi connectivity index (χ2n) is 7.97. The molecule has 3 aliphatic rings.